The lowest BCUT2D eigenvalue weighted by molar-refractivity contribution is -0.307. The Balaban J connectivity index is 1.34. The van der Waals surface area contributed by atoms with Gasteiger partial charge in [0, 0.05) is 12.1 Å². The molecule has 14 heteroatoms. The molecule has 10 unspecified atom stereocenters. The summed E-state index contributed by atoms with van der Waals surface area (Å²) in [5, 5.41) is 70.7. The van der Waals surface area contributed by atoms with E-state index in [9.17, 15) is 40.5 Å². The number of rotatable bonds is 7. The van der Waals surface area contributed by atoms with Gasteiger partial charge in [-0.2, -0.15) is 0 Å². The van der Waals surface area contributed by atoms with Crippen LogP contribution in [0.3, 0.4) is 0 Å². The average Bonchev–Trinajstić information content (AvgIpc) is 2.96. The van der Waals surface area contributed by atoms with Crippen molar-refractivity contribution in [1.82, 2.24) is 0 Å². The number of hydrogen-bond acceptors (Lipinski definition) is 14. The highest BCUT2D eigenvalue weighted by Crippen LogP contribution is 2.43. The molecule has 10 atom stereocenters. The predicted octanol–water partition coefficient (Wildman–Crippen LogP) is -1.25. The quantitative estimate of drug-likeness (QED) is 0.204. The molecule has 0 spiro atoms. The molecule has 0 amide bonds. The molecule has 14 nitrogen and oxygen atoms in total. The summed E-state index contributed by atoms with van der Waals surface area (Å²) < 4.78 is 33.5. The third kappa shape index (κ3) is 5.97. The highest BCUT2D eigenvalue weighted by atomic mass is 16.7. The van der Waals surface area contributed by atoms with Crippen molar-refractivity contribution in [1.29, 1.82) is 0 Å². The molecule has 0 aromatic heterocycles. The third-order valence-corrected chi connectivity index (χ3v) is 7.25. The SMILES string of the molecule is COc1cc2c(c(OC3OC(COC4OCC(O)C(O)C4O)C(O)C(O)C3O)c1)C(=O)CC(c1ccc(O)cc1)O2. The van der Waals surface area contributed by atoms with E-state index in [0.717, 1.165) is 0 Å². The van der Waals surface area contributed by atoms with Crippen LogP contribution in [0.4, 0.5) is 0 Å². The molecule has 0 saturated carbocycles. The van der Waals surface area contributed by atoms with Crippen LogP contribution in [-0.2, 0) is 14.2 Å². The van der Waals surface area contributed by atoms with E-state index in [2.05, 4.69) is 0 Å². The second-order valence-corrected chi connectivity index (χ2v) is 10.0. The number of aliphatic hydroxyl groups excluding tert-OH is 6. The van der Waals surface area contributed by atoms with E-state index >= 15 is 0 Å². The van der Waals surface area contributed by atoms with Gasteiger partial charge >= 0.3 is 0 Å². The average molecular weight is 581 g/mol. The van der Waals surface area contributed by atoms with Gasteiger partial charge in [0.1, 0.15) is 77.4 Å². The van der Waals surface area contributed by atoms with Crippen molar-refractivity contribution in [2.24, 2.45) is 0 Å². The summed E-state index contributed by atoms with van der Waals surface area (Å²) in [6.45, 7) is -0.781. The van der Waals surface area contributed by atoms with Crippen molar-refractivity contribution in [3.63, 3.8) is 0 Å². The Morgan fingerprint density at radius 2 is 1.61 bits per heavy atom. The fraction of sp³-hybridized carbons (Fsp3) is 0.519. The first-order valence-corrected chi connectivity index (χ1v) is 12.9. The van der Waals surface area contributed by atoms with Gasteiger partial charge in [-0.3, -0.25) is 4.79 Å². The van der Waals surface area contributed by atoms with E-state index in [1.165, 1.54) is 31.4 Å². The number of aliphatic hydroxyl groups is 6. The molecule has 5 rings (SSSR count). The summed E-state index contributed by atoms with van der Waals surface area (Å²) in [4.78, 5) is 13.3. The zero-order valence-electron chi connectivity index (χ0n) is 21.8. The minimum atomic E-state index is -1.75. The molecular weight excluding hydrogens is 548 g/mol. The maximum Gasteiger partial charge on any atom is 0.229 e. The Morgan fingerprint density at radius 3 is 2.32 bits per heavy atom. The topological polar surface area (TPSA) is 214 Å². The van der Waals surface area contributed by atoms with Crippen LogP contribution < -0.4 is 14.2 Å². The Labute approximate surface area is 233 Å². The van der Waals surface area contributed by atoms with Crippen LogP contribution in [0.25, 0.3) is 0 Å². The van der Waals surface area contributed by atoms with Gasteiger partial charge in [-0.25, -0.2) is 0 Å². The molecule has 2 aromatic carbocycles. The summed E-state index contributed by atoms with van der Waals surface area (Å²) in [6, 6.07) is 9.12. The number of Topliss-reactive ketones (excluding diaryl/α,β-unsaturated/α-hetero) is 1. The normalized spacial score (nSPS) is 35.3. The maximum absolute atomic E-state index is 13.3. The van der Waals surface area contributed by atoms with Gasteiger partial charge in [0.2, 0.25) is 6.29 Å². The summed E-state index contributed by atoms with van der Waals surface area (Å²) in [6.07, 6.45) is -14.5. The number of methoxy groups -OCH3 is 1. The number of phenols is 1. The molecule has 7 N–H and O–H groups in total. The molecule has 224 valence electrons. The lowest BCUT2D eigenvalue weighted by Gasteiger charge is -2.41. The molecule has 0 radical (unpaired) electrons. The van der Waals surface area contributed by atoms with Crippen molar-refractivity contribution in [3.05, 3.63) is 47.5 Å². The van der Waals surface area contributed by atoms with Crippen molar-refractivity contribution in [2.45, 2.75) is 67.8 Å². The lowest BCUT2D eigenvalue weighted by atomic mass is 9.95. The monoisotopic (exact) mass is 580 g/mol. The largest absolute Gasteiger partial charge is 0.508 e. The van der Waals surface area contributed by atoms with Gasteiger partial charge in [-0.1, -0.05) is 12.1 Å². The van der Waals surface area contributed by atoms with E-state index < -0.39 is 68.0 Å². The van der Waals surface area contributed by atoms with E-state index in [1.54, 1.807) is 12.1 Å². The van der Waals surface area contributed by atoms with Crippen molar-refractivity contribution in [2.75, 3.05) is 20.3 Å². The van der Waals surface area contributed by atoms with Gasteiger partial charge in [0.15, 0.2) is 12.1 Å². The Bertz CT molecular complexity index is 1220. The molecule has 3 aliphatic rings. The fourth-order valence-electron chi connectivity index (χ4n) is 4.88. The molecule has 3 aliphatic heterocycles. The number of ketones is 1. The van der Waals surface area contributed by atoms with Crippen molar-refractivity contribution in [3.8, 4) is 23.0 Å². The number of phenolic OH excluding ortho intramolecular Hbond substituents is 1. The first-order valence-electron chi connectivity index (χ1n) is 12.9. The van der Waals surface area contributed by atoms with Crippen LogP contribution in [0.15, 0.2) is 36.4 Å². The molecule has 41 heavy (non-hydrogen) atoms. The summed E-state index contributed by atoms with van der Waals surface area (Å²) in [5.41, 5.74) is 0.712. The zero-order valence-corrected chi connectivity index (χ0v) is 21.8. The molecule has 3 heterocycles. The number of carbonyl (C=O) groups is 1. The number of aromatic hydroxyl groups is 1. The highest BCUT2D eigenvalue weighted by molar-refractivity contribution is 6.02. The van der Waals surface area contributed by atoms with Crippen molar-refractivity contribution < 1.29 is 69.0 Å². The van der Waals surface area contributed by atoms with E-state index in [1.807, 2.05) is 0 Å². The Morgan fingerprint density at radius 1 is 0.902 bits per heavy atom. The third-order valence-electron chi connectivity index (χ3n) is 7.25. The number of hydrogen-bond donors (Lipinski definition) is 7. The molecule has 0 bridgehead atoms. The van der Waals surface area contributed by atoms with Gasteiger partial charge in [-0.05, 0) is 17.7 Å². The standard InChI is InChI=1S/C27H32O14/c1-36-13-6-17-20(14(29)8-16(39-17)11-2-4-12(28)5-3-11)18(7-13)40-27-25(35)23(33)22(32)19(41-27)10-38-26-24(34)21(31)15(30)9-37-26/h2-7,15-16,19,21-28,30-35H,8-10H2,1H3. The summed E-state index contributed by atoms with van der Waals surface area (Å²) >= 11 is 0. The summed E-state index contributed by atoms with van der Waals surface area (Å²) in [5.74, 6) is 0.0480. The second-order valence-electron chi connectivity index (χ2n) is 10.0. The maximum atomic E-state index is 13.3. The number of benzene rings is 2. The van der Waals surface area contributed by atoms with Crippen LogP contribution >= 0.6 is 0 Å². The van der Waals surface area contributed by atoms with Gasteiger partial charge < -0.3 is 64.2 Å². The Hall–Kier alpha value is -3.05. The van der Waals surface area contributed by atoms with Crippen LogP contribution in [0.5, 0.6) is 23.0 Å². The molecule has 0 aliphatic carbocycles. The van der Waals surface area contributed by atoms with Gasteiger partial charge in [0.25, 0.3) is 0 Å². The van der Waals surface area contributed by atoms with Crippen molar-refractivity contribution >= 4 is 5.78 Å². The van der Waals surface area contributed by atoms with Crippen LogP contribution in [0.1, 0.15) is 28.4 Å². The smallest absolute Gasteiger partial charge is 0.229 e. The summed E-state index contributed by atoms with van der Waals surface area (Å²) in [7, 11) is 1.39. The highest BCUT2D eigenvalue weighted by Gasteiger charge is 2.47. The minimum Gasteiger partial charge on any atom is -0.508 e. The van der Waals surface area contributed by atoms with Crippen LogP contribution in [-0.4, -0.2) is 117 Å². The van der Waals surface area contributed by atoms with E-state index in [0.29, 0.717) is 5.56 Å². The number of ether oxygens (including phenoxy) is 6. The predicted molar refractivity (Wildman–Crippen MR) is 134 cm³/mol. The van der Waals surface area contributed by atoms with Gasteiger partial charge in [0.05, 0.1) is 26.7 Å². The van der Waals surface area contributed by atoms with Gasteiger partial charge in [-0.15, -0.1) is 0 Å². The number of fused-ring (bicyclic) bond motifs is 1. The van der Waals surface area contributed by atoms with E-state index in [4.69, 9.17) is 28.4 Å². The molecule has 2 saturated heterocycles. The van der Waals surface area contributed by atoms with E-state index in [-0.39, 0.29) is 47.4 Å². The first kappa shape index (κ1) is 29.4. The Kier molecular flexibility index (Phi) is 8.65. The lowest BCUT2D eigenvalue weighted by Crippen LogP contribution is -2.61. The molecule has 2 fully saturated rings. The number of carbonyl (C=O) groups excluding carboxylic acids is 1. The minimum absolute atomic E-state index is 0.0521. The molecule has 2 aromatic rings. The second kappa shape index (κ2) is 12.1. The molecular formula is C27H32O14. The fourth-order valence-corrected chi connectivity index (χ4v) is 4.88. The van der Waals surface area contributed by atoms with Crippen LogP contribution in [0, 0.1) is 0 Å². The first-order chi connectivity index (χ1) is 19.6. The zero-order chi connectivity index (χ0) is 29.4. The van der Waals surface area contributed by atoms with Crippen LogP contribution in [0.2, 0.25) is 0 Å².